The summed E-state index contributed by atoms with van der Waals surface area (Å²) in [5.74, 6) is 7.13. The molecule has 0 aliphatic heterocycles. The molecule has 17 heavy (non-hydrogen) atoms. The topological polar surface area (TPSA) is 9.23 Å². The van der Waals surface area contributed by atoms with E-state index in [9.17, 15) is 0 Å². The molecule has 0 aliphatic carbocycles. The highest BCUT2D eigenvalue weighted by atomic mass is 16.5. The predicted octanol–water partition coefficient (Wildman–Crippen LogP) is 3.40. The molecule has 0 fully saturated rings. The Morgan fingerprint density at radius 3 is 2.29 bits per heavy atom. The first-order chi connectivity index (χ1) is 8.28. The van der Waals surface area contributed by atoms with Gasteiger partial charge in [0.15, 0.2) is 0 Å². The van der Waals surface area contributed by atoms with Gasteiger partial charge >= 0.3 is 0 Å². The van der Waals surface area contributed by atoms with Crippen LogP contribution in [0.2, 0.25) is 0 Å². The van der Waals surface area contributed by atoms with Crippen molar-refractivity contribution in [3.63, 3.8) is 0 Å². The van der Waals surface area contributed by atoms with Crippen LogP contribution in [0.4, 0.5) is 0 Å². The quantitative estimate of drug-likeness (QED) is 0.672. The van der Waals surface area contributed by atoms with E-state index in [0.29, 0.717) is 0 Å². The molecule has 0 bridgehead atoms. The van der Waals surface area contributed by atoms with Crippen molar-refractivity contribution in [2.24, 2.45) is 0 Å². The average molecular weight is 222 g/mol. The van der Waals surface area contributed by atoms with Crippen molar-refractivity contribution in [3.8, 4) is 17.6 Å². The molecule has 0 radical (unpaired) electrons. The van der Waals surface area contributed by atoms with Crippen LogP contribution >= 0.6 is 0 Å². The number of ether oxygens (including phenoxy) is 1. The van der Waals surface area contributed by atoms with Gasteiger partial charge in [-0.15, -0.1) is 0 Å². The summed E-state index contributed by atoms with van der Waals surface area (Å²) in [5, 5.41) is 0. The largest absolute Gasteiger partial charge is 0.497 e. The highest BCUT2D eigenvalue weighted by molar-refractivity contribution is 5.46. The van der Waals surface area contributed by atoms with Crippen molar-refractivity contribution >= 4 is 0 Å². The summed E-state index contributed by atoms with van der Waals surface area (Å²) in [6.07, 6.45) is 0. The molecule has 0 aromatic heterocycles. The van der Waals surface area contributed by atoms with Crippen LogP contribution in [0.3, 0.4) is 0 Å². The SMILES string of the molecule is COc1cc(C)cc(C#Cc2ccccc2)c1. The first kappa shape index (κ1) is 11.3. The van der Waals surface area contributed by atoms with Crippen LogP contribution in [0, 0.1) is 18.8 Å². The number of hydrogen-bond acceptors (Lipinski definition) is 1. The molecule has 0 atom stereocenters. The molecule has 84 valence electrons. The van der Waals surface area contributed by atoms with Crippen LogP contribution < -0.4 is 4.74 Å². The fourth-order valence-corrected chi connectivity index (χ4v) is 1.60. The second-order valence-electron chi connectivity index (χ2n) is 3.85. The minimum absolute atomic E-state index is 0.849. The highest BCUT2D eigenvalue weighted by Crippen LogP contribution is 2.15. The first-order valence-electron chi connectivity index (χ1n) is 5.51. The number of hydrogen-bond donors (Lipinski definition) is 0. The smallest absolute Gasteiger partial charge is 0.120 e. The standard InChI is InChI=1S/C16H14O/c1-13-10-15(12-16(11-13)17-2)9-8-14-6-4-3-5-7-14/h3-7,10-12H,1-2H3. The molecule has 0 unspecified atom stereocenters. The number of rotatable bonds is 1. The number of benzene rings is 2. The van der Waals surface area contributed by atoms with E-state index in [-0.39, 0.29) is 0 Å². The summed E-state index contributed by atoms with van der Waals surface area (Å²) in [5.41, 5.74) is 3.15. The molecular formula is C16H14O. The van der Waals surface area contributed by atoms with Gasteiger partial charge in [-0.05, 0) is 42.8 Å². The zero-order valence-electron chi connectivity index (χ0n) is 10.0. The van der Waals surface area contributed by atoms with Crippen molar-refractivity contribution in [1.82, 2.24) is 0 Å². The average Bonchev–Trinajstić information content (AvgIpc) is 2.37. The lowest BCUT2D eigenvalue weighted by Gasteiger charge is -2.01. The summed E-state index contributed by atoms with van der Waals surface area (Å²) in [6, 6.07) is 16.0. The monoisotopic (exact) mass is 222 g/mol. The molecule has 0 spiro atoms. The second kappa shape index (κ2) is 5.23. The lowest BCUT2D eigenvalue weighted by atomic mass is 10.1. The highest BCUT2D eigenvalue weighted by Gasteiger charge is 1.95. The normalized spacial score (nSPS) is 9.29. The lowest BCUT2D eigenvalue weighted by Crippen LogP contribution is -1.86. The minimum Gasteiger partial charge on any atom is -0.497 e. The second-order valence-corrected chi connectivity index (χ2v) is 3.85. The van der Waals surface area contributed by atoms with Crippen molar-refractivity contribution < 1.29 is 4.74 Å². The third-order valence-electron chi connectivity index (χ3n) is 2.41. The van der Waals surface area contributed by atoms with Crippen LogP contribution in [-0.2, 0) is 0 Å². The Morgan fingerprint density at radius 1 is 0.882 bits per heavy atom. The van der Waals surface area contributed by atoms with Crippen LogP contribution in [0.25, 0.3) is 0 Å². The van der Waals surface area contributed by atoms with Crippen molar-refractivity contribution in [1.29, 1.82) is 0 Å². The van der Waals surface area contributed by atoms with Gasteiger partial charge in [0.2, 0.25) is 0 Å². The van der Waals surface area contributed by atoms with Gasteiger partial charge in [0.1, 0.15) is 5.75 Å². The summed E-state index contributed by atoms with van der Waals surface area (Å²) in [4.78, 5) is 0. The molecule has 0 saturated carbocycles. The van der Waals surface area contributed by atoms with E-state index < -0.39 is 0 Å². The zero-order chi connectivity index (χ0) is 12.1. The summed E-state index contributed by atoms with van der Waals surface area (Å²) in [6.45, 7) is 2.04. The molecule has 1 nitrogen and oxygen atoms in total. The summed E-state index contributed by atoms with van der Waals surface area (Å²) in [7, 11) is 1.67. The Bertz CT molecular complexity index is 559. The van der Waals surface area contributed by atoms with Crippen LogP contribution in [0.5, 0.6) is 5.75 Å². The van der Waals surface area contributed by atoms with Crippen LogP contribution in [0.15, 0.2) is 48.5 Å². The maximum atomic E-state index is 5.22. The molecule has 2 rings (SSSR count). The predicted molar refractivity (Wildman–Crippen MR) is 70.2 cm³/mol. The molecule has 2 aromatic carbocycles. The molecule has 0 aliphatic rings. The fraction of sp³-hybridized carbons (Fsp3) is 0.125. The van der Waals surface area contributed by atoms with Gasteiger partial charge in [-0.2, -0.15) is 0 Å². The Balaban J connectivity index is 2.31. The van der Waals surface area contributed by atoms with Gasteiger partial charge in [0, 0.05) is 11.1 Å². The minimum atomic E-state index is 0.849. The first-order valence-corrected chi connectivity index (χ1v) is 5.51. The van der Waals surface area contributed by atoms with Crippen LogP contribution in [0.1, 0.15) is 16.7 Å². The van der Waals surface area contributed by atoms with E-state index in [4.69, 9.17) is 4.74 Å². The Morgan fingerprint density at radius 2 is 1.59 bits per heavy atom. The van der Waals surface area contributed by atoms with Crippen LogP contribution in [-0.4, -0.2) is 7.11 Å². The lowest BCUT2D eigenvalue weighted by molar-refractivity contribution is 0.414. The Labute approximate surface area is 102 Å². The molecule has 0 N–H and O–H groups in total. The van der Waals surface area contributed by atoms with E-state index in [0.717, 1.165) is 22.4 Å². The van der Waals surface area contributed by atoms with Gasteiger partial charge in [-0.1, -0.05) is 30.0 Å². The molecule has 0 heterocycles. The summed E-state index contributed by atoms with van der Waals surface area (Å²) < 4.78 is 5.22. The van der Waals surface area contributed by atoms with Crippen molar-refractivity contribution in [2.45, 2.75) is 6.92 Å². The molecular weight excluding hydrogens is 208 g/mol. The maximum Gasteiger partial charge on any atom is 0.120 e. The van der Waals surface area contributed by atoms with Gasteiger partial charge in [0.25, 0.3) is 0 Å². The molecule has 1 heteroatoms. The maximum absolute atomic E-state index is 5.22. The molecule has 0 saturated heterocycles. The van der Waals surface area contributed by atoms with Crippen molar-refractivity contribution in [3.05, 3.63) is 65.2 Å². The van der Waals surface area contributed by atoms with E-state index >= 15 is 0 Å². The fourth-order valence-electron chi connectivity index (χ4n) is 1.60. The zero-order valence-corrected chi connectivity index (χ0v) is 10.0. The summed E-state index contributed by atoms with van der Waals surface area (Å²) >= 11 is 0. The van der Waals surface area contributed by atoms with Gasteiger partial charge in [-0.3, -0.25) is 0 Å². The van der Waals surface area contributed by atoms with Gasteiger partial charge in [-0.25, -0.2) is 0 Å². The van der Waals surface area contributed by atoms with Crippen molar-refractivity contribution in [2.75, 3.05) is 7.11 Å². The number of aryl methyl sites for hydroxylation is 1. The molecule has 0 amide bonds. The third kappa shape index (κ3) is 3.12. The van der Waals surface area contributed by atoms with E-state index in [1.165, 1.54) is 0 Å². The third-order valence-corrected chi connectivity index (χ3v) is 2.41. The Kier molecular flexibility index (Phi) is 3.47. The van der Waals surface area contributed by atoms with E-state index in [2.05, 4.69) is 17.9 Å². The van der Waals surface area contributed by atoms with E-state index in [1.54, 1.807) is 7.11 Å². The van der Waals surface area contributed by atoms with E-state index in [1.807, 2.05) is 49.4 Å². The number of methoxy groups -OCH3 is 1. The molecule has 2 aromatic rings. The Hall–Kier alpha value is -2.20. The van der Waals surface area contributed by atoms with Gasteiger partial charge < -0.3 is 4.74 Å². The van der Waals surface area contributed by atoms with Gasteiger partial charge in [0.05, 0.1) is 7.11 Å².